The van der Waals surface area contributed by atoms with Gasteiger partial charge in [0.15, 0.2) is 0 Å². The van der Waals surface area contributed by atoms with Crippen molar-refractivity contribution in [3.05, 3.63) is 41.1 Å². The van der Waals surface area contributed by atoms with Gasteiger partial charge in [0, 0.05) is 4.47 Å². The van der Waals surface area contributed by atoms with Crippen molar-refractivity contribution in [1.82, 2.24) is 15.2 Å². The van der Waals surface area contributed by atoms with E-state index in [9.17, 15) is 0 Å². The second-order valence-corrected chi connectivity index (χ2v) is 3.40. The Hall–Kier alpha value is -1.49. The average molecular weight is 252 g/mol. The lowest BCUT2D eigenvalue weighted by atomic mass is 10.3. The normalized spacial score (nSPS) is 9.79. The summed E-state index contributed by atoms with van der Waals surface area (Å²) in [6.45, 7) is 0. The van der Waals surface area contributed by atoms with Crippen LogP contribution in [0.15, 0.2) is 41.1 Å². The quantitative estimate of drug-likeness (QED) is 0.823. The third-order valence-corrected chi connectivity index (χ3v) is 2.01. The molecule has 0 radical (unpaired) electrons. The van der Waals surface area contributed by atoms with Gasteiger partial charge in [-0.1, -0.05) is 21.0 Å². The van der Waals surface area contributed by atoms with Crippen molar-refractivity contribution in [1.29, 1.82) is 0 Å². The van der Waals surface area contributed by atoms with Gasteiger partial charge in [-0.3, -0.25) is 0 Å². The van der Waals surface area contributed by atoms with Gasteiger partial charge in [-0.25, -0.2) is 4.98 Å². The summed E-state index contributed by atoms with van der Waals surface area (Å²) >= 11 is 3.33. The molecule has 0 aliphatic carbocycles. The summed E-state index contributed by atoms with van der Waals surface area (Å²) in [5.41, 5.74) is 0. The zero-order valence-corrected chi connectivity index (χ0v) is 8.68. The fraction of sp³-hybridized carbons (Fsp3) is 0. The molecule has 0 unspecified atom stereocenters. The van der Waals surface area contributed by atoms with Gasteiger partial charge in [0.1, 0.15) is 5.75 Å². The maximum Gasteiger partial charge on any atom is 0.341 e. The molecule has 14 heavy (non-hydrogen) atoms. The van der Waals surface area contributed by atoms with E-state index in [0.717, 1.165) is 4.47 Å². The van der Waals surface area contributed by atoms with E-state index in [1.807, 2.05) is 24.3 Å². The van der Waals surface area contributed by atoms with Crippen LogP contribution in [0, 0.1) is 0 Å². The van der Waals surface area contributed by atoms with Crippen LogP contribution < -0.4 is 4.74 Å². The molecule has 0 bridgehead atoms. The topological polar surface area (TPSA) is 47.9 Å². The van der Waals surface area contributed by atoms with Gasteiger partial charge < -0.3 is 4.74 Å². The predicted molar refractivity (Wildman–Crippen MR) is 54.0 cm³/mol. The highest BCUT2D eigenvalue weighted by molar-refractivity contribution is 9.10. The van der Waals surface area contributed by atoms with Crippen LogP contribution in [0.25, 0.3) is 0 Å². The number of rotatable bonds is 2. The molecular formula is C9H6BrN3O. The minimum absolute atomic E-state index is 0.245. The molecule has 0 N–H and O–H groups in total. The maximum atomic E-state index is 5.33. The van der Waals surface area contributed by atoms with Crippen molar-refractivity contribution in [3.8, 4) is 11.8 Å². The Morgan fingerprint density at radius 1 is 1.07 bits per heavy atom. The lowest BCUT2D eigenvalue weighted by molar-refractivity contribution is 0.433. The van der Waals surface area contributed by atoms with Crippen molar-refractivity contribution in [3.63, 3.8) is 0 Å². The van der Waals surface area contributed by atoms with Crippen LogP contribution in [0.2, 0.25) is 0 Å². The fourth-order valence-electron chi connectivity index (χ4n) is 0.890. The minimum Gasteiger partial charge on any atom is -0.423 e. The molecule has 0 atom stereocenters. The molecule has 1 aromatic heterocycles. The van der Waals surface area contributed by atoms with Crippen LogP contribution >= 0.6 is 15.9 Å². The Balaban J connectivity index is 2.16. The highest BCUT2D eigenvalue weighted by atomic mass is 79.9. The Kier molecular flexibility index (Phi) is 2.69. The first kappa shape index (κ1) is 9.08. The van der Waals surface area contributed by atoms with Gasteiger partial charge in [0.05, 0.1) is 12.4 Å². The van der Waals surface area contributed by atoms with Gasteiger partial charge >= 0.3 is 6.01 Å². The number of hydrogen-bond donors (Lipinski definition) is 0. The van der Waals surface area contributed by atoms with Crippen LogP contribution in [0.5, 0.6) is 11.8 Å². The molecule has 2 aromatic rings. The van der Waals surface area contributed by atoms with E-state index in [-0.39, 0.29) is 6.01 Å². The van der Waals surface area contributed by atoms with Crippen LogP contribution in [-0.4, -0.2) is 15.2 Å². The number of hydrogen-bond acceptors (Lipinski definition) is 4. The minimum atomic E-state index is 0.245. The van der Waals surface area contributed by atoms with Gasteiger partial charge in [-0.15, -0.1) is 0 Å². The number of benzene rings is 1. The van der Waals surface area contributed by atoms with Crippen molar-refractivity contribution >= 4 is 15.9 Å². The molecule has 4 nitrogen and oxygen atoms in total. The maximum absolute atomic E-state index is 5.33. The van der Waals surface area contributed by atoms with Gasteiger partial charge in [0.25, 0.3) is 0 Å². The summed E-state index contributed by atoms with van der Waals surface area (Å²) in [5.74, 6) is 0.682. The zero-order chi connectivity index (χ0) is 9.80. The third-order valence-electron chi connectivity index (χ3n) is 1.48. The smallest absolute Gasteiger partial charge is 0.341 e. The number of nitrogens with zero attached hydrogens (tertiary/aromatic N) is 3. The van der Waals surface area contributed by atoms with E-state index < -0.39 is 0 Å². The van der Waals surface area contributed by atoms with Crippen molar-refractivity contribution < 1.29 is 4.74 Å². The third kappa shape index (κ3) is 2.26. The summed E-state index contributed by atoms with van der Waals surface area (Å²) in [5, 5.41) is 7.35. The molecule has 0 aliphatic rings. The SMILES string of the molecule is Brc1ccc(Oc2nccnn2)cc1. The standard InChI is InChI=1S/C9H6BrN3O/c10-7-1-3-8(4-2-7)14-9-11-5-6-12-13-9/h1-6H. The van der Waals surface area contributed by atoms with Gasteiger partial charge in [0.2, 0.25) is 0 Å². The Morgan fingerprint density at radius 2 is 1.86 bits per heavy atom. The molecule has 0 saturated heterocycles. The first-order valence-electron chi connectivity index (χ1n) is 3.92. The largest absolute Gasteiger partial charge is 0.423 e. The molecule has 0 saturated carbocycles. The second kappa shape index (κ2) is 4.15. The van der Waals surface area contributed by atoms with Gasteiger partial charge in [-0.2, -0.15) is 5.10 Å². The van der Waals surface area contributed by atoms with Crippen LogP contribution in [0.4, 0.5) is 0 Å². The van der Waals surface area contributed by atoms with E-state index in [1.165, 1.54) is 12.4 Å². The fourth-order valence-corrected chi connectivity index (χ4v) is 1.15. The number of aromatic nitrogens is 3. The molecule has 2 rings (SSSR count). The highest BCUT2D eigenvalue weighted by Crippen LogP contribution is 2.19. The first-order chi connectivity index (χ1) is 6.84. The lowest BCUT2D eigenvalue weighted by Gasteiger charge is -2.01. The van der Waals surface area contributed by atoms with Crippen LogP contribution in [0.3, 0.4) is 0 Å². The van der Waals surface area contributed by atoms with E-state index in [2.05, 4.69) is 31.1 Å². The second-order valence-electron chi connectivity index (χ2n) is 2.48. The summed E-state index contributed by atoms with van der Waals surface area (Å²) in [7, 11) is 0. The Morgan fingerprint density at radius 3 is 2.50 bits per heavy atom. The van der Waals surface area contributed by atoms with Crippen LogP contribution in [0.1, 0.15) is 0 Å². The Labute approximate surface area is 89.1 Å². The molecule has 70 valence electrons. The Bertz CT molecular complexity index is 404. The number of ether oxygens (including phenoxy) is 1. The van der Waals surface area contributed by atoms with E-state index >= 15 is 0 Å². The van der Waals surface area contributed by atoms with Gasteiger partial charge in [-0.05, 0) is 24.3 Å². The predicted octanol–water partition coefficient (Wildman–Crippen LogP) is 2.43. The van der Waals surface area contributed by atoms with Crippen LogP contribution in [-0.2, 0) is 0 Å². The molecule has 5 heteroatoms. The molecule has 0 aliphatic heterocycles. The van der Waals surface area contributed by atoms with E-state index in [1.54, 1.807) is 0 Å². The summed E-state index contributed by atoms with van der Waals surface area (Å²) in [4.78, 5) is 3.89. The number of halogens is 1. The molecule has 0 spiro atoms. The monoisotopic (exact) mass is 251 g/mol. The molecule has 0 fully saturated rings. The van der Waals surface area contributed by atoms with E-state index in [4.69, 9.17) is 4.74 Å². The molecule has 1 aromatic carbocycles. The summed E-state index contributed by atoms with van der Waals surface area (Å²) in [6, 6.07) is 7.65. The molecule has 0 amide bonds. The molecule has 1 heterocycles. The first-order valence-corrected chi connectivity index (χ1v) is 4.71. The highest BCUT2D eigenvalue weighted by Gasteiger charge is 1.98. The van der Waals surface area contributed by atoms with Crippen molar-refractivity contribution in [2.75, 3.05) is 0 Å². The average Bonchev–Trinajstić information content (AvgIpc) is 2.23. The molecular weight excluding hydrogens is 246 g/mol. The van der Waals surface area contributed by atoms with Crippen molar-refractivity contribution in [2.24, 2.45) is 0 Å². The summed E-state index contributed by atoms with van der Waals surface area (Å²) < 4.78 is 6.32. The summed E-state index contributed by atoms with van der Waals surface area (Å²) in [6.07, 6.45) is 3.02. The van der Waals surface area contributed by atoms with Crippen molar-refractivity contribution in [2.45, 2.75) is 0 Å². The van der Waals surface area contributed by atoms with E-state index in [0.29, 0.717) is 5.75 Å². The zero-order valence-electron chi connectivity index (χ0n) is 7.09. The lowest BCUT2D eigenvalue weighted by Crippen LogP contribution is -1.91.